The highest BCUT2D eigenvalue weighted by Gasteiger charge is 2.38. The second kappa shape index (κ2) is 1.44. The van der Waals surface area contributed by atoms with E-state index in [1.165, 1.54) is 0 Å². The van der Waals surface area contributed by atoms with Crippen LogP contribution in [0.1, 0.15) is 0 Å². The molecule has 3 N–H and O–H groups in total. The van der Waals surface area contributed by atoms with Gasteiger partial charge in [-0.2, -0.15) is 13.0 Å². The van der Waals surface area contributed by atoms with Crippen LogP contribution in [0.3, 0.4) is 0 Å². The molecule has 0 atom stereocenters. The zero-order valence-electron chi connectivity index (χ0n) is 3.49. The van der Waals surface area contributed by atoms with Gasteiger partial charge in [-0.3, -0.25) is 13.7 Å². The van der Waals surface area contributed by atoms with Crippen LogP contribution in [0.4, 0.5) is 8.78 Å². The molecule has 0 aromatic carbocycles. The Morgan fingerprint density at radius 1 is 1.25 bits per heavy atom. The van der Waals surface area contributed by atoms with Crippen LogP contribution in [0.25, 0.3) is 0 Å². The molecule has 0 unspecified atom stereocenters. The van der Waals surface area contributed by atoms with Crippen molar-refractivity contribution in [2.24, 2.45) is 0 Å². The predicted molar refractivity (Wildman–Crippen MR) is 22.0 cm³/mol. The van der Waals surface area contributed by atoms with Crippen molar-refractivity contribution in [2.45, 2.75) is 5.76 Å². The van der Waals surface area contributed by atoms with Crippen LogP contribution in [0.15, 0.2) is 0 Å². The number of rotatable bonds is 1. The normalized spacial score (nSPS) is 18.0. The standard InChI is InChI=1S/CH4F2O4S/c2-1(3)8(4,5,6)7/h1H,(H3,4,5,6,7). The first-order chi connectivity index (χ1) is 3.20. The first kappa shape index (κ1) is 7.89. The summed E-state index contributed by atoms with van der Waals surface area (Å²) in [6.07, 6.45) is 0. The first-order valence-corrected chi connectivity index (χ1v) is 3.29. The van der Waals surface area contributed by atoms with Crippen molar-refractivity contribution < 1.29 is 26.6 Å². The number of halogens is 2. The maximum Gasteiger partial charge on any atom is 0.356 e. The number of hydrogen-bond donors (Lipinski definition) is 3. The van der Waals surface area contributed by atoms with Crippen molar-refractivity contribution in [3.63, 3.8) is 0 Å². The van der Waals surface area contributed by atoms with Crippen molar-refractivity contribution in [1.29, 1.82) is 0 Å². The van der Waals surface area contributed by atoms with Gasteiger partial charge in [0.05, 0.1) is 0 Å². The van der Waals surface area contributed by atoms with Crippen LogP contribution < -0.4 is 0 Å². The SMILES string of the molecule is O=S(O)(O)(O)C(F)F. The Bertz CT molecular complexity index is 135. The Hall–Kier alpha value is -0.110. The smallest absolute Gasteiger partial charge is 0.284 e. The van der Waals surface area contributed by atoms with E-state index in [2.05, 4.69) is 0 Å². The molecule has 8 heavy (non-hydrogen) atoms. The molecule has 7 heteroatoms. The van der Waals surface area contributed by atoms with Crippen molar-refractivity contribution in [3.05, 3.63) is 0 Å². The van der Waals surface area contributed by atoms with Gasteiger partial charge in [-0.15, -0.1) is 0 Å². The van der Waals surface area contributed by atoms with Crippen LogP contribution in [0, 0.1) is 0 Å². The first-order valence-electron chi connectivity index (χ1n) is 1.39. The van der Waals surface area contributed by atoms with Gasteiger partial charge in [-0.05, 0) is 0 Å². The van der Waals surface area contributed by atoms with Gasteiger partial charge >= 0.3 is 5.76 Å². The summed E-state index contributed by atoms with van der Waals surface area (Å²) >= 11 is 0. The molecule has 0 spiro atoms. The third-order valence-electron chi connectivity index (χ3n) is 0.312. The van der Waals surface area contributed by atoms with E-state index in [9.17, 15) is 13.0 Å². The molecule has 0 aliphatic carbocycles. The molecule has 0 radical (unpaired) electrons. The van der Waals surface area contributed by atoms with E-state index in [4.69, 9.17) is 13.7 Å². The third-order valence-corrected chi connectivity index (χ3v) is 0.935. The summed E-state index contributed by atoms with van der Waals surface area (Å²) in [5, 5.41) is 0. The van der Waals surface area contributed by atoms with Gasteiger partial charge in [0.1, 0.15) is 0 Å². The fourth-order valence-electron chi connectivity index (χ4n) is 0. The molecule has 4 nitrogen and oxygen atoms in total. The van der Waals surface area contributed by atoms with Crippen LogP contribution in [-0.2, 0) is 9.91 Å². The van der Waals surface area contributed by atoms with E-state index in [0.717, 1.165) is 0 Å². The minimum atomic E-state index is -6.55. The van der Waals surface area contributed by atoms with E-state index in [1.54, 1.807) is 0 Å². The summed E-state index contributed by atoms with van der Waals surface area (Å²) in [6, 6.07) is 0. The van der Waals surface area contributed by atoms with Gasteiger partial charge < -0.3 is 0 Å². The Morgan fingerprint density at radius 2 is 1.38 bits per heavy atom. The van der Waals surface area contributed by atoms with Crippen LogP contribution in [-0.4, -0.2) is 23.6 Å². The van der Waals surface area contributed by atoms with E-state index in [1.807, 2.05) is 0 Å². The monoisotopic (exact) mass is 150 g/mol. The largest absolute Gasteiger partial charge is 0.356 e. The lowest BCUT2D eigenvalue weighted by atomic mass is 11.7. The molecule has 0 heterocycles. The van der Waals surface area contributed by atoms with E-state index >= 15 is 0 Å². The Morgan fingerprint density at radius 3 is 1.38 bits per heavy atom. The maximum absolute atomic E-state index is 10.9. The second-order valence-corrected chi connectivity index (χ2v) is 3.26. The quantitative estimate of drug-likeness (QED) is 0.507. The van der Waals surface area contributed by atoms with Crippen LogP contribution >= 0.6 is 0 Å². The minimum Gasteiger partial charge on any atom is -0.284 e. The van der Waals surface area contributed by atoms with Gasteiger partial charge in [-0.1, -0.05) is 0 Å². The molecule has 52 valence electrons. The zero-order valence-corrected chi connectivity index (χ0v) is 4.31. The van der Waals surface area contributed by atoms with E-state index in [-0.39, 0.29) is 0 Å². The maximum atomic E-state index is 10.9. The van der Waals surface area contributed by atoms with Crippen molar-refractivity contribution in [3.8, 4) is 0 Å². The summed E-state index contributed by atoms with van der Waals surface area (Å²) in [6.45, 7) is 0. The molecule has 0 fully saturated rings. The predicted octanol–water partition coefficient (Wildman–Crippen LogP) is 0.448. The Balaban J connectivity index is 4.40. The molecular formula is CH4F2O4S. The highest BCUT2D eigenvalue weighted by molar-refractivity contribution is 8.05. The van der Waals surface area contributed by atoms with Gasteiger partial charge in [0.15, 0.2) is 0 Å². The van der Waals surface area contributed by atoms with Crippen LogP contribution in [0.5, 0.6) is 0 Å². The minimum absolute atomic E-state index is 4.04. The topological polar surface area (TPSA) is 77.8 Å². The fraction of sp³-hybridized carbons (Fsp3) is 1.00. The summed E-state index contributed by atoms with van der Waals surface area (Å²) in [5.74, 6) is -4.04. The lowest BCUT2D eigenvalue weighted by molar-refractivity contribution is 0.148. The zero-order chi connectivity index (χ0) is 7.02. The highest BCUT2D eigenvalue weighted by Crippen LogP contribution is 2.20. The van der Waals surface area contributed by atoms with Crippen molar-refractivity contribution >= 4 is 9.91 Å². The Labute approximate surface area is 43.4 Å². The lowest BCUT2D eigenvalue weighted by Gasteiger charge is -2.20. The Kier molecular flexibility index (Phi) is 1.42. The van der Waals surface area contributed by atoms with Gasteiger partial charge in [-0.25, -0.2) is 0 Å². The fourth-order valence-corrected chi connectivity index (χ4v) is 0. The van der Waals surface area contributed by atoms with Gasteiger partial charge in [0.2, 0.25) is 9.91 Å². The van der Waals surface area contributed by atoms with Crippen molar-refractivity contribution in [1.82, 2.24) is 0 Å². The number of alkyl halides is 2. The second-order valence-electron chi connectivity index (χ2n) is 1.14. The molecule has 0 saturated carbocycles. The summed E-state index contributed by atoms with van der Waals surface area (Å²) < 4.78 is 53.6. The molecule has 0 aromatic rings. The molecule has 0 aliphatic rings. The summed E-state index contributed by atoms with van der Waals surface area (Å²) in [4.78, 5) is 0. The van der Waals surface area contributed by atoms with E-state index < -0.39 is 15.7 Å². The molecule has 0 aromatic heterocycles. The molecule has 0 rings (SSSR count). The highest BCUT2D eigenvalue weighted by atomic mass is 32.3. The molecule has 0 bridgehead atoms. The number of hydrogen-bond acceptors (Lipinski definition) is 1. The average Bonchev–Trinajstić information content (AvgIpc) is 1.27. The molecule has 0 aliphatic heterocycles. The third kappa shape index (κ3) is 2.26. The van der Waals surface area contributed by atoms with Gasteiger partial charge in [0.25, 0.3) is 0 Å². The van der Waals surface area contributed by atoms with Crippen LogP contribution in [0.2, 0.25) is 0 Å². The molecular weight excluding hydrogens is 146 g/mol. The summed E-state index contributed by atoms with van der Waals surface area (Å²) in [7, 11) is -6.55. The van der Waals surface area contributed by atoms with Gasteiger partial charge in [0, 0.05) is 0 Å². The average molecular weight is 150 g/mol. The summed E-state index contributed by atoms with van der Waals surface area (Å²) in [5.41, 5.74) is 0. The lowest BCUT2D eigenvalue weighted by Crippen LogP contribution is -2.37. The van der Waals surface area contributed by atoms with E-state index in [0.29, 0.717) is 0 Å². The molecule has 0 saturated heterocycles. The van der Waals surface area contributed by atoms with Crippen molar-refractivity contribution in [2.75, 3.05) is 0 Å². The molecule has 0 amide bonds.